The lowest BCUT2D eigenvalue weighted by atomic mass is 9.87. The highest BCUT2D eigenvalue weighted by molar-refractivity contribution is 5.50. The summed E-state index contributed by atoms with van der Waals surface area (Å²) in [4.78, 5) is 0. The molecule has 0 heterocycles. The smallest absolute Gasteiger partial charge is 0.161 e. The Hall–Kier alpha value is -2.07. The van der Waals surface area contributed by atoms with Crippen molar-refractivity contribution in [3.05, 3.63) is 58.9 Å². The first-order valence-electron chi connectivity index (χ1n) is 6.82. The molecule has 0 aromatic heterocycles. The molecular weight excluding hydrogens is 271 g/mol. The van der Waals surface area contributed by atoms with Gasteiger partial charge in [0.25, 0.3) is 0 Å². The van der Waals surface area contributed by atoms with E-state index in [4.69, 9.17) is 9.47 Å². The van der Waals surface area contributed by atoms with Crippen molar-refractivity contribution >= 4 is 0 Å². The van der Waals surface area contributed by atoms with Crippen molar-refractivity contribution < 1.29 is 19.0 Å². The van der Waals surface area contributed by atoms with Gasteiger partial charge in [-0.25, -0.2) is 4.39 Å². The SMILES string of the molecule is COc1ccc(C2(O)CCc3cc(F)ccc32)cc1OC. The van der Waals surface area contributed by atoms with Crippen molar-refractivity contribution in [3.8, 4) is 11.5 Å². The highest BCUT2D eigenvalue weighted by atomic mass is 19.1. The van der Waals surface area contributed by atoms with Gasteiger partial charge in [0.15, 0.2) is 11.5 Å². The molecule has 0 fully saturated rings. The lowest BCUT2D eigenvalue weighted by molar-refractivity contribution is 0.0826. The second-order valence-corrected chi connectivity index (χ2v) is 5.23. The minimum atomic E-state index is -1.11. The van der Waals surface area contributed by atoms with E-state index in [9.17, 15) is 9.50 Å². The van der Waals surface area contributed by atoms with E-state index in [1.807, 2.05) is 6.07 Å². The summed E-state index contributed by atoms with van der Waals surface area (Å²) in [5.74, 6) is 0.909. The normalized spacial score (nSPS) is 20.2. The van der Waals surface area contributed by atoms with E-state index in [-0.39, 0.29) is 5.82 Å². The maximum atomic E-state index is 13.3. The highest BCUT2D eigenvalue weighted by Crippen LogP contribution is 2.44. The molecule has 0 saturated carbocycles. The van der Waals surface area contributed by atoms with Gasteiger partial charge in [-0.2, -0.15) is 0 Å². The zero-order valence-electron chi connectivity index (χ0n) is 12.0. The molecule has 0 bridgehead atoms. The van der Waals surface area contributed by atoms with Crippen LogP contribution in [0.3, 0.4) is 0 Å². The number of methoxy groups -OCH3 is 2. The van der Waals surface area contributed by atoms with Gasteiger partial charge in [-0.3, -0.25) is 0 Å². The minimum absolute atomic E-state index is 0.273. The lowest BCUT2D eigenvalue weighted by Crippen LogP contribution is -2.23. The fourth-order valence-corrected chi connectivity index (χ4v) is 3.02. The first-order chi connectivity index (χ1) is 10.1. The van der Waals surface area contributed by atoms with Crippen LogP contribution in [0.2, 0.25) is 0 Å². The second-order valence-electron chi connectivity index (χ2n) is 5.23. The molecule has 0 spiro atoms. The molecule has 4 heteroatoms. The van der Waals surface area contributed by atoms with E-state index in [0.29, 0.717) is 24.3 Å². The van der Waals surface area contributed by atoms with Crippen molar-refractivity contribution in [3.63, 3.8) is 0 Å². The number of fused-ring (bicyclic) bond motifs is 1. The Bertz CT molecular complexity index is 684. The number of aliphatic hydroxyl groups is 1. The third kappa shape index (κ3) is 2.16. The Balaban J connectivity index is 2.09. The number of ether oxygens (including phenoxy) is 2. The van der Waals surface area contributed by atoms with Crippen molar-refractivity contribution in [1.29, 1.82) is 0 Å². The minimum Gasteiger partial charge on any atom is -0.493 e. The monoisotopic (exact) mass is 288 g/mol. The van der Waals surface area contributed by atoms with Gasteiger partial charge in [0, 0.05) is 0 Å². The molecule has 1 N–H and O–H groups in total. The van der Waals surface area contributed by atoms with Crippen LogP contribution >= 0.6 is 0 Å². The summed E-state index contributed by atoms with van der Waals surface area (Å²) in [5, 5.41) is 11.1. The van der Waals surface area contributed by atoms with E-state index < -0.39 is 5.60 Å². The van der Waals surface area contributed by atoms with Gasteiger partial charge in [-0.1, -0.05) is 12.1 Å². The van der Waals surface area contributed by atoms with E-state index in [1.165, 1.54) is 12.1 Å². The number of rotatable bonds is 3. The molecule has 1 atom stereocenters. The largest absolute Gasteiger partial charge is 0.493 e. The Morgan fingerprint density at radius 2 is 1.81 bits per heavy atom. The molecule has 21 heavy (non-hydrogen) atoms. The standard InChI is InChI=1S/C17H17FO3/c1-20-15-6-3-12(10-16(15)21-2)17(19)8-7-11-9-13(18)4-5-14(11)17/h3-6,9-10,19H,7-8H2,1-2H3. The van der Waals surface area contributed by atoms with Gasteiger partial charge in [0.05, 0.1) is 14.2 Å². The number of hydrogen-bond acceptors (Lipinski definition) is 3. The Morgan fingerprint density at radius 1 is 1.05 bits per heavy atom. The van der Waals surface area contributed by atoms with Crippen LogP contribution in [0.1, 0.15) is 23.1 Å². The Morgan fingerprint density at radius 3 is 2.52 bits per heavy atom. The van der Waals surface area contributed by atoms with Crippen LogP contribution in [0.25, 0.3) is 0 Å². The van der Waals surface area contributed by atoms with Crippen LogP contribution in [-0.2, 0) is 12.0 Å². The third-order valence-electron chi connectivity index (χ3n) is 4.13. The molecule has 1 aliphatic carbocycles. The summed E-state index contributed by atoms with van der Waals surface area (Å²) in [7, 11) is 3.13. The quantitative estimate of drug-likeness (QED) is 0.943. The van der Waals surface area contributed by atoms with Crippen LogP contribution in [0.15, 0.2) is 36.4 Å². The highest BCUT2D eigenvalue weighted by Gasteiger charge is 2.38. The number of benzene rings is 2. The summed E-state index contributed by atoms with van der Waals surface area (Å²) < 4.78 is 23.8. The van der Waals surface area contributed by atoms with E-state index in [2.05, 4.69) is 0 Å². The summed E-state index contributed by atoms with van der Waals surface area (Å²) in [5.41, 5.74) is 1.23. The zero-order chi connectivity index (χ0) is 15.0. The average molecular weight is 288 g/mol. The van der Waals surface area contributed by atoms with Crippen LogP contribution in [-0.4, -0.2) is 19.3 Å². The van der Waals surface area contributed by atoms with Gasteiger partial charge in [0.2, 0.25) is 0 Å². The molecule has 0 aliphatic heterocycles. The first-order valence-corrected chi connectivity index (χ1v) is 6.82. The van der Waals surface area contributed by atoms with Crippen LogP contribution < -0.4 is 9.47 Å². The fraction of sp³-hybridized carbons (Fsp3) is 0.294. The first kappa shape index (κ1) is 13.9. The molecule has 2 aromatic carbocycles. The van der Waals surface area contributed by atoms with Crippen LogP contribution in [0.4, 0.5) is 4.39 Å². The molecule has 1 aliphatic rings. The van der Waals surface area contributed by atoms with Crippen molar-refractivity contribution in [2.45, 2.75) is 18.4 Å². The summed E-state index contributed by atoms with van der Waals surface area (Å²) in [6.45, 7) is 0. The number of halogens is 1. The lowest BCUT2D eigenvalue weighted by Gasteiger charge is -2.25. The second kappa shape index (κ2) is 5.04. The molecule has 3 rings (SSSR count). The zero-order valence-corrected chi connectivity index (χ0v) is 12.0. The third-order valence-corrected chi connectivity index (χ3v) is 4.13. The number of hydrogen-bond donors (Lipinski definition) is 1. The molecule has 0 radical (unpaired) electrons. The molecule has 0 amide bonds. The maximum absolute atomic E-state index is 13.3. The molecule has 2 aromatic rings. The Labute approximate surface area is 122 Å². The maximum Gasteiger partial charge on any atom is 0.161 e. The summed E-state index contributed by atoms with van der Waals surface area (Å²) >= 11 is 0. The topological polar surface area (TPSA) is 38.7 Å². The van der Waals surface area contributed by atoms with Crippen LogP contribution in [0.5, 0.6) is 11.5 Å². The van der Waals surface area contributed by atoms with Gasteiger partial charge < -0.3 is 14.6 Å². The molecular formula is C17H17FO3. The molecule has 110 valence electrons. The molecule has 1 unspecified atom stereocenters. The Kier molecular flexibility index (Phi) is 3.33. The average Bonchev–Trinajstić information content (AvgIpc) is 2.84. The van der Waals surface area contributed by atoms with Crippen molar-refractivity contribution in [2.75, 3.05) is 14.2 Å². The van der Waals surface area contributed by atoms with E-state index >= 15 is 0 Å². The summed E-state index contributed by atoms with van der Waals surface area (Å²) in [6, 6.07) is 9.91. The van der Waals surface area contributed by atoms with Gasteiger partial charge in [-0.05, 0) is 53.8 Å². The molecule has 0 saturated heterocycles. The van der Waals surface area contributed by atoms with Gasteiger partial charge >= 0.3 is 0 Å². The van der Waals surface area contributed by atoms with E-state index in [0.717, 1.165) is 16.7 Å². The van der Waals surface area contributed by atoms with Crippen molar-refractivity contribution in [1.82, 2.24) is 0 Å². The van der Waals surface area contributed by atoms with E-state index in [1.54, 1.807) is 32.4 Å². The molecule has 3 nitrogen and oxygen atoms in total. The van der Waals surface area contributed by atoms with Gasteiger partial charge in [-0.15, -0.1) is 0 Å². The van der Waals surface area contributed by atoms with Crippen molar-refractivity contribution in [2.24, 2.45) is 0 Å². The fourth-order valence-electron chi connectivity index (χ4n) is 3.02. The summed E-state index contributed by atoms with van der Waals surface area (Å²) in [6.07, 6.45) is 1.18. The number of aryl methyl sites for hydroxylation is 1. The predicted octanol–water partition coefficient (Wildman–Crippen LogP) is 3.03. The van der Waals surface area contributed by atoms with Crippen LogP contribution in [0, 0.1) is 5.82 Å². The predicted molar refractivity (Wildman–Crippen MR) is 77.3 cm³/mol. The van der Waals surface area contributed by atoms with Gasteiger partial charge in [0.1, 0.15) is 11.4 Å².